The minimum absolute atomic E-state index is 0.173. The number of methoxy groups -OCH3 is 2. The molecule has 1 unspecified atom stereocenters. The SMILES string of the molecule is C=C(C)CN1C(=O)C2C(=Nc3n(-c4ccc(OC)cc4OC)c(C)c(C)[n+]32)N(C)C1=O. The number of fused-ring (bicyclic) bond motifs is 3. The van der Waals surface area contributed by atoms with Crippen molar-refractivity contribution in [3.8, 4) is 17.2 Å². The molecule has 9 heteroatoms. The zero-order valence-corrected chi connectivity index (χ0v) is 18.6. The second-order valence-electron chi connectivity index (χ2n) is 7.81. The zero-order valence-electron chi connectivity index (χ0n) is 18.6. The van der Waals surface area contributed by atoms with Crippen molar-refractivity contribution in [1.82, 2.24) is 14.4 Å². The topological polar surface area (TPSA) is 80.2 Å². The quantitative estimate of drug-likeness (QED) is 0.546. The van der Waals surface area contributed by atoms with E-state index in [0.29, 0.717) is 23.3 Å². The molecule has 9 nitrogen and oxygen atoms in total. The van der Waals surface area contributed by atoms with Crippen LogP contribution in [0.5, 0.6) is 11.5 Å². The highest BCUT2D eigenvalue weighted by Gasteiger charge is 2.54. The molecule has 1 fully saturated rings. The third-order valence-corrected chi connectivity index (χ3v) is 5.77. The van der Waals surface area contributed by atoms with Gasteiger partial charge in [0.2, 0.25) is 11.9 Å². The van der Waals surface area contributed by atoms with Gasteiger partial charge in [-0.3, -0.25) is 14.6 Å². The van der Waals surface area contributed by atoms with Crippen LogP contribution < -0.4 is 14.0 Å². The van der Waals surface area contributed by atoms with Gasteiger partial charge in [0.25, 0.3) is 5.91 Å². The molecule has 1 aromatic carbocycles. The van der Waals surface area contributed by atoms with E-state index in [9.17, 15) is 9.59 Å². The van der Waals surface area contributed by atoms with Gasteiger partial charge in [-0.2, -0.15) is 4.57 Å². The van der Waals surface area contributed by atoms with Crippen molar-refractivity contribution >= 4 is 23.7 Å². The second-order valence-corrected chi connectivity index (χ2v) is 7.81. The van der Waals surface area contributed by atoms with Crippen LogP contribution in [0.25, 0.3) is 5.69 Å². The van der Waals surface area contributed by atoms with E-state index in [1.165, 1.54) is 9.80 Å². The van der Waals surface area contributed by atoms with E-state index in [1.807, 2.05) is 35.1 Å². The maximum atomic E-state index is 13.4. The summed E-state index contributed by atoms with van der Waals surface area (Å²) in [5.41, 5.74) is 3.29. The molecule has 0 N–H and O–H groups in total. The number of hydrogen-bond donors (Lipinski definition) is 0. The molecule has 4 rings (SSSR count). The van der Waals surface area contributed by atoms with Gasteiger partial charge in [0, 0.05) is 13.1 Å². The van der Waals surface area contributed by atoms with Gasteiger partial charge in [0.1, 0.15) is 22.8 Å². The molecule has 162 valence electrons. The number of carbonyl (C=O) groups excluding carboxylic acids is 2. The maximum Gasteiger partial charge on any atom is 0.407 e. The first-order valence-corrected chi connectivity index (χ1v) is 9.89. The number of hydrogen-bond acceptors (Lipinski definition) is 5. The first kappa shape index (κ1) is 20.6. The molecule has 2 aromatic rings. The summed E-state index contributed by atoms with van der Waals surface area (Å²) < 4.78 is 14.7. The predicted molar refractivity (Wildman–Crippen MR) is 114 cm³/mol. The monoisotopic (exact) mass is 424 g/mol. The minimum Gasteiger partial charge on any atom is -0.497 e. The number of carbonyl (C=O) groups is 2. The first-order valence-electron chi connectivity index (χ1n) is 9.89. The summed E-state index contributed by atoms with van der Waals surface area (Å²) in [4.78, 5) is 33.6. The van der Waals surface area contributed by atoms with Gasteiger partial charge >= 0.3 is 12.0 Å². The standard InChI is InChI=1S/C22H26N5O4/c1-12(2)11-25-20(28)18-19(24(5)22(25)29)23-21-26(13(3)14(4)27(18)21)16-9-8-15(30-6)10-17(16)31-7/h8-10,18H,1,11H2,2-7H3/q+1. The van der Waals surface area contributed by atoms with Crippen LogP contribution in [-0.2, 0) is 4.79 Å². The molecular weight excluding hydrogens is 398 g/mol. The highest BCUT2D eigenvalue weighted by Crippen LogP contribution is 2.36. The predicted octanol–water partition coefficient (Wildman–Crippen LogP) is 2.45. The number of urea groups is 1. The Morgan fingerprint density at radius 1 is 1.23 bits per heavy atom. The van der Waals surface area contributed by atoms with E-state index < -0.39 is 12.1 Å². The van der Waals surface area contributed by atoms with Gasteiger partial charge < -0.3 is 9.47 Å². The van der Waals surface area contributed by atoms with Crippen LogP contribution in [0.2, 0.25) is 0 Å². The Morgan fingerprint density at radius 2 is 1.94 bits per heavy atom. The summed E-state index contributed by atoms with van der Waals surface area (Å²) in [6.07, 6.45) is 0. The van der Waals surface area contributed by atoms with Gasteiger partial charge in [-0.25, -0.2) is 9.36 Å². The number of likely N-dealkylation sites (N-methyl/N-ethyl adjacent to an activating group) is 1. The second kappa shape index (κ2) is 7.26. The molecule has 3 heterocycles. The number of rotatable bonds is 5. The number of aliphatic imine (C=N–C) groups is 1. The number of amidine groups is 1. The van der Waals surface area contributed by atoms with Crippen LogP contribution in [0.1, 0.15) is 24.4 Å². The molecule has 0 bridgehead atoms. The van der Waals surface area contributed by atoms with Crippen molar-refractivity contribution in [2.75, 3.05) is 27.8 Å². The van der Waals surface area contributed by atoms with E-state index in [2.05, 4.69) is 6.58 Å². The van der Waals surface area contributed by atoms with Crippen molar-refractivity contribution in [3.05, 3.63) is 41.7 Å². The third-order valence-electron chi connectivity index (χ3n) is 5.77. The summed E-state index contributed by atoms with van der Waals surface area (Å²) in [5.74, 6) is 1.93. The number of amides is 3. The van der Waals surface area contributed by atoms with Crippen molar-refractivity contribution in [1.29, 1.82) is 0 Å². The van der Waals surface area contributed by atoms with Crippen LogP contribution in [0.15, 0.2) is 35.3 Å². The van der Waals surface area contributed by atoms with E-state index >= 15 is 0 Å². The number of imide groups is 1. The van der Waals surface area contributed by atoms with Gasteiger partial charge in [-0.1, -0.05) is 17.1 Å². The average Bonchev–Trinajstić information content (AvgIpc) is 3.24. The molecule has 1 atom stereocenters. The Kier molecular flexibility index (Phi) is 4.83. The van der Waals surface area contributed by atoms with E-state index in [4.69, 9.17) is 14.5 Å². The third kappa shape index (κ3) is 2.91. The van der Waals surface area contributed by atoms with Crippen LogP contribution in [-0.4, -0.2) is 60.0 Å². The molecule has 0 spiro atoms. The van der Waals surface area contributed by atoms with Gasteiger partial charge in [-0.15, -0.1) is 0 Å². The molecule has 1 saturated heterocycles. The van der Waals surface area contributed by atoms with E-state index in [1.54, 1.807) is 34.3 Å². The van der Waals surface area contributed by atoms with Gasteiger partial charge in [0.05, 0.1) is 20.8 Å². The van der Waals surface area contributed by atoms with Crippen LogP contribution in [0, 0.1) is 13.8 Å². The van der Waals surface area contributed by atoms with Crippen LogP contribution >= 0.6 is 0 Å². The summed E-state index contributed by atoms with van der Waals surface area (Å²) in [6, 6.07) is 4.41. The van der Waals surface area contributed by atoms with Crippen molar-refractivity contribution in [2.45, 2.75) is 26.8 Å². The summed E-state index contributed by atoms with van der Waals surface area (Å²) in [7, 11) is 4.83. The molecule has 2 aliphatic rings. The molecule has 0 radical (unpaired) electrons. The zero-order chi connectivity index (χ0) is 22.6. The smallest absolute Gasteiger partial charge is 0.407 e. The average molecular weight is 424 g/mol. The Bertz CT molecular complexity index is 1160. The highest BCUT2D eigenvalue weighted by molar-refractivity contribution is 6.19. The molecule has 0 saturated carbocycles. The Morgan fingerprint density at radius 3 is 2.55 bits per heavy atom. The van der Waals surface area contributed by atoms with Crippen molar-refractivity contribution < 1.29 is 23.6 Å². The largest absolute Gasteiger partial charge is 0.497 e. The van der Waals surface area contributed by atoms with Gasteiger partial charge in [0.15, 0.2) is 5.75 Å². The number of aromatic nitrogens is 2. The maximum absolute atomic E-state index is 13.4. The Labute approximate surface area is 180 Å². The number of imidazole rings is 1. The van der Waals surface area contributed by atoms with E-state index in [-0.39, 0.29) is 12.5 Å². The molecule has 3 amide bonds. The molecule has 31 heavy (non-hydrogen) atoms. The van der Waals surface area contributed by atoms with Gasteiger partial charge in [-0.05, 0) is 32.9 Å². The number of benzene rings is 1. The fraction of sp³-hybridized carbons (Fsp3) is 0.364. The minimum atomic E-state index is -0.707. The fourth-order valence-corrected chi connectivity index (χ4v) is 4.11. The van der Waals surface area contributed by atoms with Crippen molar-refractivity contribution in [3.63, 3.8) is 0 Å². The molecule has 2 aliphatic heterocycles. The lowest BCUT2D eigenvalue weighted by molar-refractivity contribution is -0.682. The van der Waals surface area contributed by atoms with E-state index in [0.717, 1.165) is 22.6 Å². The lowest BCUT2D eigenvalue weighted by Gasteiger charge is -2.33. The molecule has 1 aromatic heterocycles. The Hall–Kier alpha value is -3.62. The summed E-state index contributed by atoms with van der Waals surface area (Å²) in [6.45, 7) is 9.72. The summed E-state index contributed by atoms with van der Waals surface area (Å²) in [5, 5.41) is 0. The Balaban J connectivity index is 1.91. The number of nitrogens with zero attached hydrogens (tertiary/aromatic N) is 5. The number of ether oxygens (including phenoxy) is 2. The highest BCUT2D eigenvalue weighted by atomic mass is 16.5. The van der Waals surface area contributed by atoms with Crippen molar-refractivity contribution in [2.24, 2.45) is 4.99 Å². The lowest BCUT2D eigenvalue weighted by atomic mass is 10.1. The fourth-order valence-electron chi connectivity index (χ4n) is 4.11. The normalized spacial score (nSPS) is 17.5. The lowest BCUT2D eigenvalue weighted by Crippen LogP contribution is -2.63. The first-order chi connectivity index (χ1) is 14.7. The van der Waals surface area contributed by atoms with Crippen LogP contribution in [0.4, 0.5) is 10.7 Å². The molecular formula is C22H26N5O4+. The van der Waals surface area contributed by atoms with Crippen LogP contribution in [0.3, 0.4) is 0 Å². The molecule has 0 aliphatic carbocycles. The summed E-state index contributed by atoms with van der Waals surface area (Å²) >= 11 is 0.